The van der Waals surface area contributed by atoms with Gasteiger partial charge in [-0.15, -0.1) is 8.78 Å². The summed E-state index contributed by atoms with van der Waals surface area (Å²) in [5, 5.41) is 2.63. The molecule has 0 spiro atoms. The fourth-order valence-electron chi connectivity index (χ4n) is 3.01. The number of piperidine rings is 1. The van der Waals surface area contributed by atoms with E-state index in [4.69, 9.17) is 5.73 Å². The minimum absolute atomic E-state index is 0.0797. The second-order valence-corrected chi connectivity index (χ2v) is 6.00. The molecule has 130 valence electrons. The van der Waals surface area contributed by atoms with Crippen LogP contribution in [0.4, 0.5) is 14.5 Å². The van der Waals surface area contributed by atoms with Crippen LogP contribution in [0.1, 0.15) is 12.8 Å². The first kappa shape index (κ1) is 16.4. The number of likely N-dealkylation sites (tertiary alicyclic amines) is 1. The predicted molar refractivity (Wildman–Crippen MR) is 78.8 cm³/mol. The predicted octanol–water partition coefficient (Wildman–Crippen LogP) is -0.273. The maximum atomic E-state index is 13.0. The highest BCUT2D eigenvalue weighted by Gasteiger charge is 2.43. The summed E-state index contributed by atoms with van der Waals surface area (Å²) in [6.07, 6.45) is -2.11. The highest BCUT2D eigenvalue weighted by atomic mass is 19.3. The Labute approximate surface area is 136 Å². The van der Waals surface area contributed by atoms with E-state index in [2.05, 4.69) is 14.8 Å². The Morgan fingerprint density at radius 1 is 1.33 bits per heavy atom. The number of amides is 2. The molecule has 2 atom stereocenters. The molecular formula is C15H18F2N3O4+. The molecule has 2 amide bonds. The Morgan fingerprint density at radius 2 is 2.08 bits per heavy atom. The van der Waals surface area contributed by atoms with Crippen LogP contribution in [0.3, 0.4) is 0 Å². The molecule has 9 heteroatoms. The molecule has 0 radical (unpaired) electrons. The van der Waals surface area contributed by atoms with Crippen LogP contribution in [0.25, 0.3) is 0 Å². The molecule has 1 fully saturated rings. The van der Waals surface area contributed by atoms with Gasteiger partial charge in [-0.3, -0.25) is 9.59 Å². The van der Waals surface area contributed by atoms with Crippen molar-refractivity contribution in [3.8, 4) is 11.5 Å². The molecule has 0 saturated carbocycles. The maximum Gasteiger partial charge on any atom is 0.586 e. The third-order valence-corrected chi connectivity index (χ3v) is 4.12. The second-order valence-electron chi connectivity index (χ2n) is 6.00. The third kappa shape index (κ3) is 3.73. The van der Waals surface area contributed by atoms with Crippen molar-refractivity contribution in [1.82, 2.24) is 0 Å². The average molecular weight is 342 g/mol. The van der Waals surface area contributed by atoms with E-state index in [0.29, 0.717) is 12.2 Å². The first-order chi connectivity index (χ1) is 11.3. The van der Waals surface area contributed by atoms with Gasteiger partial charge in [0.25, 0.3) is 5.91 Å². The number of carbonyl (C=O) groups excluding carboxylic acids is 2. The molecule has 0 aliphatic carbocycles. The van der Waals surface area contributed by atoms with Crippen molar-refractivity contribution >= 4 is 17.5 Å². The molecule has 24 heavy (non-hydrogen) atoms. The van der Waals surface area contributed by atoms with Crippen molar-refractivity contribution < 1.29 is 32.7 Å². The number of ether oxygens (including phenoxy) is 2. The number of alkyl halides is 2. The highest BCUT2D eigenvalue weighted by molar-refractivity contribution is 5.91. The molecule has 2 heterocycles. The standard InChI is InChI=1S/C15H17F2N3O4/c16-15(17)23-11-4-3-10(6-12(11)24-15)19-13(21)8-20-5-1-2-9(7-20)14(18)22/h3-4,6,9H,1-2,5,7-8H2,(H2,18,22)(H,19,21)/p+1/t9-/m1/s1. The number of carbonyl (C=O) groups is 2. The van der Waals surface area contributed by atoms with Crippen molar-refractivity contribution in [1.29, 1.82) is 0 Å². The minimum Gasteiger partial charge on any atom is -0.395 e. The average Bonchev–Trinajstić information content (AvgIpc) is 2.80. The Bertz CT molecular complexity index is 668. The van der Waals surface area contributed by atoms with Crippen molar-refractivity contribution in [2.45, 2.75) is 19.1 Å². The normalized spacial score (nSPS) is 24.4. The molecule has 0 bridgehead atoms. The summed E-state index contributed by atoms with van der Waals surface area (Å²) in [5.41, 5.74) is 5.65. The summed E-state index contributed by atoms with van der Waals surface area (Å²) >= 11 is 0. The first-order valence-corrected chi connectivity index (χ1v) is 7.65. The number of halogens is 2. The molecule has 1 saturated heterocycles. The van der Waals surface area contributed by atoms with Crippen molar-refractivity contribution in [3.05, 3.63) is 18.2 Å². The van der Waals surface area contributed by atoms with Gasteiger partial charge in [-0.05, 0) is 25.0 Å². The molecule has 4 N–H and O–H groups in total. The summed E-state index contributed by atoms with van der Waals surface area (Å²) in [7, 11) is 0. The van der Waals surface area contributed by atoms with Gasteiger partial charge in [-0.1, -0.05) is 0 Å². The van der Waals surface area contributed by atoms with E-state index < -0.39 is 6.29 Å². The molecule has 2 aliphatic heterocycles. The summed E-state index contributed by atoms with van der Waals surface area (Å²) in [5.74, 6) is -1.04. The molecule has 7 nitrogen and oxygen atoms in total. The Balaban J connectivity index is 1.57. The van der Waals surface area contributed by atoms with E-state index in [1.54, 1.807) is 0 Å². The Hall–Kier alpha value is -2.42. The van der Waals surface area contributed by atoms with E-state index in [9.17, 15) is 18.4 Å². The lowest BCUT2D eigenvalue weighted by Crippen LogP contribution is -3.14. The largest absolute Gasteiger partial charge is 0.586 e. The summed E-state index contributed by atoms with van der Waals surface area (Å²) in [6.45, 7) is 1.48. The van der Waals surface area contributed by atoms with Gasteiger partial charge >= 0.3 is 6.29 Å². The topological polar surface area (TPSA) is 95.1 Å². The fourth-order valence-corrected chi connectivity index (χ4v) is 3.01. The van der Waals surface area contributed by atoms with E-state index in [1.807, 2.05) is 0 Å². The van der Waals surface area contributed by atoms with Gasteiger partial charge < -0.3 is 25.4 Å². The Morgan fingerprint density at radius 3 is 2.83 bits per heavy atom. The first-order valence-electron chi connectivity index (χ1n) is 7.65. The SMILES string of the molecule is NC(=O)[C@@H]1CCC[NH+](CC(=O)Nc2ccc3c(c2)OC(F)(F)O3)C1. The van der Waals surface area contributed by atoms with Crippen LogP contribution in [-0.2, 0) is 9.59 Å². The zero-order chi connectivity index (χ0) is 17.3. The summed E-state index contributed by atoms with van der Waals surface area (Å²) in [6, 6.07) is 4.05. The second kappa shape index (κ2) is 6.23. The van der Waals surface area contributed by atoms with E-state index in [1.165, 1.54) is 18.2 Å². The smallest absolute Gasteiger partial charge is 0.395 e. The number of nitrogens with two attached hydrogens (primary N) is 1. The molecule has 2 aliphatic rings. The van der Waals surface area contributed by atoms with Gasteiger partial charge in [0.1, 0.15) is 0 Å². The number of hydrogen-bond donors (Lipinski definition) is 3. The van der Waals surface area contributed by atoms with Crippen LogP contribution < -0.4 is 25.4 Å². The molecule has 3 rings (SSSR count). The van der Waals surface area contributed by atoms with Crippen LogP contribution >= 0.6 is 0 Å². The number of primary amides is 1. The van der Waals surface area contributed by atoms with Crippen molar-refractivity contribution in [2.75, 3.05) is 25.0 Å². The number of fused-ring (bicyclic) bond motifs is 1. The molecule has 1 aromatic carbocycles. The van der Waals surface area contributed by atoms with Crippen LogP contribution in [-0.4, -0.2) is 37.7 Å². The van der Waals surface area contributed by atoms with E-state index in [-0.39, 0.29) is 35.8 Å². The Kier molecular flexibility index (Phi) is 4.27. The number of hydrogen-bond acceptors (Lipinski definition) is 4. The van der Waals surface area contributed by atoms with Crippen molar-refractivity contribution in [2.24, 2.45) is 11.7 Å². The minimum atomic E-state index is -3.69. The van der Waals surface area contributed by atoms with E-state index in [0.717, 1.165) is 24.3 Å². The molecule has 0 aromatic heterocycles. The quantitative estimate of drug-likeness (QED) is 0.702. The number of rotatable bonds is 4. The van der Waals surface area contributed by atoms with Gasteiger partial charge in [0.2, 0.25) is 5.91 Å². The maximum absolute atomic E-state index is 13.0. The van der Waals surface area contributed by atoms with Crippen molar-refractivity contribution in [3.63, 3.8) is 0 Å². The van der Waals surface area contributed by atoms with Gasteiger partial charge in [0, 0.05) is 11.8 Å². The van der Waals surface area contributed by atoms with Crippen LogP contribution in [0.2, 0.25) is 0 Å². The number of quaternary nitrogens is 1. The number of benzene rings is 1. The lowest BCUT2D eigenvalue weighted by molar-refractivity contribution is -0.899. The van der Waals surface area contributed by atoms with Gasteiger partial charge in [0.15, 0.2) is 18.0 Å². The van der Waals surface area contributed by atoms with Gasteiger partial charge in [-0.2, -0.15) is 0 Å². The van der Waals surface area contributed by atoms with Crippen LogP contribution in [0.5, 0.6) is 11.5 Å². The van der Waals surface area contributed by atoms with E-state index >= 15 is 0 Å². The zero-order valence-electron chi connectivity index (χ0n) is 12.8. The monoisotopic (exact) mass is 342 g/mol. The number of nitrogens with one attached hydrogen (secondary N) is 2. The molecule has 1 unspecified atom stereocenters. The van der Waals surface area contributed by atoms with Gasteiger partial charge in [0.05, 0.1) is 19.0 Å². The molecule has 1 aromatic rings. The zero-order valence-corrected chi connectivity index (χ0v) is 12.8. The highest BCUT2D eigenvalue weighted by Crippen LogP contribution is 2.42. The fraction of sp³-hybridized carbons (Fsp3) is 0.467. The van der Waals surface area contributed by atoms with Crippen LogP contribution in [0, 0.1) is 5.92 Å². The lowest BCUT2D eigenvalue weighted by atomic mass is 9.97. The van der Waals surface area contributed by atoms with Gasteiger partial charge in [-0.25, -0.2) is 0 Å². The van der Waals surface area contributed by atoms with Crippen LogP contribution in [0.15, 0.2) is 18.2 Å². The summed E-state index contributed by atoms with van der Waals surface area (Å²) in [4.78, 5) is 24.3. The summed E-state index contributed by atoms with van der Waals surface area (Å²) < 4.78 is 34.6. The molecular weight excluding hydrogens is 324 g/mol. The lowest BCUT2D eigenvalue weighted by Gasteiger charge is -2.27. The third-order valence-electron chi connectivity index (χ3n) is 4.12. The number of anilines is 1.